The molecular formula is C21H23NO4. The Labute approximate surface area is 153 Å². The lowest BCUT2D eigenvalue weighted by molar-refractivity contribution is -0.118. The van der Waals surface area contributed by atoms with E-state index in [1.807, 2.05) is 37.3 Å². The van der Waals surface area contributed by atoms with E-state index >= 15 is 0 Å². The number of carbonyl (C=O) groups is 2. The van der Waals surface area contributed by atoms with E-state index in [0.717, 1.165) is 21.6 Å². The van der Waals surface area contributed by atoms with E-state index in [0.29, 0.717) is 11.4 Å². The number of hydrogen-bond donors (Lipinski definition) is 0. The van der Waals surface area contributed by atoms with Gasteiger partial charge in [-0.15, -0.1) is 0 Å². The Kier molecular flexibility index (Phi) is 4.48. The fourth-order valence-corrected chi connectivity index (χ4v) is 3.05. The average molecular weight is 353 g/mol. The highest BCUT2D eigenvalue weighted by atomic mass is 16.6. The second-order valence-electron chi connectivity index (χ2n) is 7.42. The quantitative estimate of drug-likeness (QED) is 0.802. The minimum atomic E-state index is -0.689. The van der Waals surface area contributed by atoms with Crippen LogP contribution in [0, 0.1) is 6.92 Å². The summed E-state index contributed by atoms with van der Waals surface area (Å²) in [6.45, 7) is 7.32. The van der Waals surface area contributed by atoms with Crippen LogP contribution in [0.4, 0.5) is 10.5 Å². The third-order valence-electron chi connectivity index (χ3n) is 4.24. The van der Waals surface area contributed by atoms with E-state index in [1.165, 1.54) is 0 Å². The summed E-state index contributed by atoms with van der Waals surface area (Å²) < 4.78 is 10.8. The summed E-state index contributed by atoms with van der Waals surface area (Å²) >= 11 is 0. The molecule has 1 heterocycles. The molecule has 2 aromatic rings. The van der Waals surface area contributed by atoms with Gasteiger partial charge < -0.3 is 9.47 Å². The van der Waals surface area contributed by atoms with Crippen molar-refractivity contribution in [3.8, 4) is 5.75 Å². The first-order chi connectivity index (χ1) is 12.2. The van der Waals surface area contributed by atoms with E-state index in [2.05, 4.69) is 0 Å². The molecular weight excluding hydrogens is 330 g/mol. The first-order valence-corrected chi connectivity index (χ1v) is 8.53. The highest BCUT2D eigenvalue weighted by molar-refractivity contribution is 6.20. The van der Waals surface area contributed by atoms with Crippen LogP contribution in [0.3, 0.4) is 0 Å². The summed E-state index contributed by atoms with van der Waals surface area (Å²) in [6.07, 6.45) is -0.663. The lowest BCUT2D eigenvalue weighted by atomic mass is 9.92. The van der Waals surface area contributed by atoms with Crippen LogP contribution in [0.25, 0.3) is 0 Å². The molecule has 2 aromatic carbocycles. The van der Waals surface area contributed by atoms with E-state index in [4.69, 9.17) is 9.47 Å². The molecule has 1 unspecified atom stereocenters. The van der Waals surface area contributed by atoms with Gasteiger partial charge in [0.15, 0.2) is 0 Å². The molecule has 1 aliphatic heterocycles. The van der Waals surface area contributed by atoms with E-state index in [9.17, 15) is 9.59 Å². The van der Waals surface area contributed by atoms with Crippen LogP contribution in [0.15, 0.2) is 42.5 Å². The van der Waals surface area contributed by atoms with Gasteiger partial charge in [0.2, 0.25) is 5.91 Å². The number of benzene rings is 2. The molecule has 5 nitrogen and oxygen atoms in total. The Morgan fingerprint density at radius 3 is 2.31 bits per heavy atom. The molecule has 0 N–H and O–H groups in total. The molecule has 0 aliphatic carbocycles. The minimum absolute atomic E-state index is 0.314. The Bertz CT molecular complexity index is 849. The van der Waals surface area contributed by atoms with Crippen molar-refractivity contribution in [3.63, 3.8) is 0 Å². The van der Waals surface area contributed by atoms with Crippen molar-refractivity contribution >= 4 is 17.7 Å². The monoisotopic (exact) mass is 353 g/mol. The molecule has 26 heavy (non-hydrogen) atoms. The molecule has 1 aliphatic rings. The number of imide groups is 1. The standard InChI is InChI=1S/C21H23NO4/c1-13-6-8-14(9-7-13)18-16-12-15(25-5)10-11-17(16)22(19(18)23)20(24)26-21(2,3)4/h6-12,18H,1-5H3. The summed E-state index contributed by atoms with van der Waals surface area (Å²) in [4.78, 5) is 27.0. The maximum atomic E-state index is 13.2. The Balaban J connectivity index is 2.09. The summed E-state index contributed by atoms with van der Waals surface area (Å²) in [5, 5.41) is 0. The van der Waals surface area contributed by atoms with Crippen molar-refractivity contribution in [2.75, 3.05) is 12.0 Å². The van der Waals surface area contributed by atoms with Crippen LogP contribution in [-0.4, -0.2) is 24.7 Å². The van der Waals surface area contributed by atoms with Crippen LogP contribution in [-0.2, 0) is 9.53 Å². The fourth-order valence-electron chi connectivity index (χ4n) is 3.05. The molecule has 0 aromatic heterocycles. The van der Waals surface area contributed by atoms with Crippen LogP contribution in [0.2, 0.25) is 0 Å². The van der Waals surface area contributed by atoms with Crippen LogP contribution < -0.4 is 9.64 Å². The van der Waals surface area contributed by atoms with Crippen LogP contribution in [0.5, 0.6) is 5.75 Å². The second kappa shape index (κ2) is 6.48. The number of hydrogen-bond acceptors (Lipinski definition) is 4. The smallest absolute Gasteiger partial charge is 0.421 e. The van der Waals surface area contributed by atoms with E-state index < -0.39 is 17.6 Å². The molecule has 0 spiro atoms. The van der Waals surface area contributed by atoms with E-state index in [-0.39, 0.29) is 5.91 Å². The number of anilines is 1. The van der Waals surface area contributed by atoms with Gasteiger partial charge in [-0.2, -0.15) is 0 Å². The molecule has 0 saturated heterocycles. The third kappa shape index (κ3) is 3.29. The van der Waals surface area contributed by atoms with Crippen molar-refractivity contribution in [2.24, 2.45) is 0 Å². The van der Waals surface area contributed by atoms with Gasteiger partial charge in [-0.3, -0.25) is 4.79 Å². The van der Waals surface area contributed by atoms with Gasteiger partial charge >= 0.3 is 6.09 Å². The average Bonchev–Trinajstić information content (AvgIpc) is 2.85. The van der Waals surface area contributed by atoms with Gasteiger partial charge in [0.05, 0.1) is 18.7 Å². The number of rotatable bonds is 2. The lowest BCUT2D eigenvalue weighted by Crippen LogP contribution is -2.39. The molecule has 5 heteroatoms. The van der Waals surface area contributed by atoms with Crippen molar-refractivity contribution in [1.82, 2.24) is 0 Å². The lowest BCUT2D eigenvalue weighted by Gasteiger charge is -2.24. The molecule has 0 bridgehead atoms. The summed E-state index contributed by atoms with van der Waals surface area (Å²) in [6, 6.07) is 13.0. The van der Waals surface area contributed by atoms with Gasteiger partial charge in [0, 0.05) is 0 Å². The predicted molar refractivity (Wildman–Crippen MR) is 99.7 cm³/mol. The molecule has 136 valence electrons. The first-order valence-electron chi connectivity index (χ1n) is 8.53. The van der Waals surface area contributed by atoms with Gasteiger partial charge in [-0.1, -0.05) is 29.8 Å². The second-order valence-corrected chi connectivity index (χ2v) is 7.42. The predicted octanol–water partition coefficient (Wildman–Crippen LogP) is 4.42. The first kappa shape index (κ1) is 18.0. The normalized spacial score (nSPS) is 16.4. The van der Waals surface area contributed by atoms with Crippen molar-refractivity contribution < 1.29 is 19.1 Å². The molecule has 0 radical (unpaired) electrons. The molecule has 3 rings (SSSR count). The topological polar surface area (TPSA) is 55.8 Å². The number of methoxy groups -OCH3 is 1. The number of carbonyl (C=O) groups excluding carboxylic acids is 2. The van der Waals surface area contributed by atoms with Gasteiger partial charge in [0.25, 0.3) is 0 Å². The van der Waals surface area contributed by atoms with Crippen molar-refractivity contribution in [3.05, 3.63) is 59.2 Å². The molecule has 2 amide bonds. The number of ether oxygens (including phenoxy) is 2. The molecule has 1 atom stereocenters. The molecule has 0 saturated carbocycles. The SMILES string of the molecule is COc1ccc2c(c1)C(c1ccc(C)cc1)C(=O)N2C(=O)OC(C)(C)C. The summed E-state index contributed by atoms with van der Waals surface area (Å²) in [7, 11) is 1.57. The minimum Gasteiger partial charge on any atom is -0.497 e. The maximum Gasteiger partial charge on any atom is 0.421 e. The fraction of sp³-hybridized carbons (Fsp3) is 0.333. The van der Waals surface area contributed by atoms with Crippen LogP contribution in [0.1, 0.15) is 43.4 Å². The summed E-state index contributed by atoms with van der Waals surface area (Å²) in [5.74, 6) is -0.237. The zero-order valence-corrected chi connectivity index (χ0v) is 15.7. The van der Waals surface area contributed by atoms with Gasteiger partial charge in [0.1, 0.15) is 11.4 Å². The Morgan fingerprint density at radius 1 is 1.08 bits per heavy atom. The van der Waals surface area contributed by atoms with Gasteiger partial charge in [-0.05, 0) is 57.0 Å². The van der Waals surface area contributed by atoms with Crippen molar-refractivity contribution in [2.45, 2.75) is 39.2 Å². The number of fused-ring (bicyclic) bond motifs is 1. The van der Waals surface area contributed by atoms with Gasteiger partial charge in [-0.25, -0.2) is 9.69 Å². The van der Waals surface area contributed by atoms with Crippen molar-refractivity contribution in [1.29, 1.82) is 0 Å². The number of amides is 2. The number of aryl methyl sites for hydroxylation is 1. The third-order valence-corrected chi connectivity index (χ3v) is 4.24. The Morgan fingerprint density at radius 2 is 1.73 bits per heavy atom. The molecule has 0 fully saturated rings. The van der Waals surface area contributed by atoms with Crippen LogP contribution >= 0.6 is 0 Å². The highest BCUT2D eigenvalue weighted by Crippen LogP contribution is 2.43. The summed E-state index contributed by atoms with van der Waals surface area (Å²) in [5.41, 5.74) is 2.53. The largest absolute Gasteiger partial charge is 0.497 e. The zero-order valence-electron chi connectivity index (χ0n) is 15.7. The zero-order chi connectivity index (χ0) is 19.1. The van der Waals surface area contributed by atoms with E-state index in [1.54, 1.807) is 40.0 Å². The number of nitrogens with zero attached hydrogens (tertiary/aromatic N) is 1. The Hall–Kier alpha value is -2.82. The highest BCUT2D eigenvalue weighted by Gasteiger charge is 2.43. The maximum absolute atomic E-state index is 13.2.